The standard InChI is InChI=1S/C11H16BrNO/c1-6-5-8(11(3,4)13)7(2)9(12)10(6)14/h5,14H,13H2,1-4H3. The SMILES string of the molecule is Cc1cc(C(C)(C)N)c(C)c(Br)c1O. The quantitative estimate of drug-likeness (QED) is 0.813. The molecule has 0 atom stereocenters. The van der Waals surface area contributed by atoms with E-state index in [4.69, 9.17) is 5.73 Å². The second-order valence-corrected chi connectivity index (χ2v) is 5.04. The summed E-state index contributed by atoms with van der Waals surface area (Å²) in [6.45, 7) is 7.73. The Morgan fingerprint density at radius 1 is 1.36 bits per heavy atom. The first-order valence-electron chi connectivity index (χ1n) is 4.53. The predicted octanol–water partition coefficient (Wildman–Crippen LogP) is 2.97. The van der Waals surface area contributed by atoms with E-state index in [1.807, 2.05) is 33.8 Å². The lowest BCUT2D eigenvalue weighted by molar-refractivity contribution is 0.464. The molecule has 78 valence electrons. The van der Waals surface area contributed by atoms with Crippen LogP contribution in [-0.2, 0) is 5.54 Å². The highest BCUT2D eigenvalue weighted by Crippen LogP contribution is 2.36. The summed E-state index contributed by atoms with van der Waals surface area (Å²) in [7, 11) is 0. The van der Waals surface area contributed by atoms with Gasteiger partial charge in [0.25, 0.3) is 0 Å². The third-order valence-electron chi connectivity index (χ3n) is 2.37. The summed E-state index contributed by atoms with van der Waals surface area (Å²) in [6.07, 6.45) is 0. The number of aryl methyl sites for hydroxylation is 1. The zero-order chi connectivity index (χ0) is 11.1. The van der Waals surface area contributed by atoms with Gasteiger partial charge in [0.05, 0.1) is 4.47 Å². The number of benzene rings is 1. The number of phenolic OH excluding ortho intramolecular Hbond substituents is 1. The Labute approximate surface area is 93.3 Å². The summed E-state index contributed by atoms with van der Waals surface area (Å²) in [5.41, 5.74) is 8.56. The van der Waals surface area contributed by atoms with E-state index in [1.165, 1.54) is 0 Å². The van der Waals surface area contributed by atoms with Crippen LogP contribution in [0, 0.1) is 13.8 Å². The minimum absolute atomic E-state index is 0.301. The molecule has 0 amide bonds. The van der Waals surface area contributed by atoms with Gasteiger partial charge in [-0.25, -0.2) is 0 Å². The van der Waals surface area contributed by atoms with E-state index < -0.39 is 0 Å². The van der Waals surface area contributed by atoms with Gasteiger partial charge in [0, 0.05) is 5.54 Å². The van der Waals surface area contributed by atoms with E-state index in [1.54, 1.807) is 0 Å². The Hall–Kier alpha value is -0.540. The van der Waals surface area contributed by atoms with Gasteiger partial charge in [-0.3, -0.25) is 0 Å². The largest absolute Gasteiger partial charge is 0.506 e. The number of aromatic hydroxyl groups is 1. The van der Waals surface area contributed by atoms with Crippen LogP contribution < -0.4 is 5.73 Å². The smallest absolute Gasteiger partial charge is 0.132 e. The van der Waals surface area contributed by atoms with Crippen LogP contribution in [0.5, 0.6) is 5.75 Å². The number of halogens is 1. The molecule has 2 nitrogen and oxygen atoms in total. The van der Waals surface area contributed by atoms with Gasteiger partial charge >= 0.3 is 0 Å². The molecular formula is C11H16BrNO. The zero-order valence-corrected chi connectivity index (χ0v) is 10.6. The Bertz CT molecular complexity index is 367. The van der Waals surface area contributed by atoms with E-state index in [0.29, 0.717) is 5.75 Å². The Kier molecular flexibility index (Phi) is 2.93. The fourth-order valence-corrected chi connectivity index (χ4v) is 2.06. The lowest BCUT2D eigenvalue weighted by Crippen LogP contribution is -2.29. The van der Waals surface area contributed by atoms with Crippen LogP contribution >= 0.6 is 15.9 Å². The van der Waals surface area contributed by atoms with Crippen molar-refractivity contribution in [1.29, 1.82) is 0 Å². The van der Waals surface area contributed by atoms with Crippen molar-refractivity contribution in [3.05, 3.63) is 27.2 Å². The van der Waals surface area contributed by atoms with Crippen LogP contribution in [0.1, 0.15) is 30.5 Å². The number of hydrogen-bond acceptors (Lipinski definition) is 2. The maximum atomic E-state index is 9.69. The fourth-order valence-electron chi connectivity index (χ4n) is 1.53. The topological polar surface area (TPSA) is 46.2 Å². The molecule has 0 aliphatic carbocycles. The maximum absolute atomic E-state index is 9.69. The number of rotatable bonds is 1. The van der Waals surface area contributed by atoms with Crippen molar-refractivity contribution in [2.45, 2.75) is 33.2 Å². The molecule has 0 heterocycles. The van der Waals surface area contributed by atoms with Gasteiger partial charge in [0.2, 0.25) is 0 Å². The minimum Gasteiger partial charge on any atom is -0.506 e. The second kappa shape index (κ2) is 3.55. The van der Waals surface area contributed by atoms with E-state index in [9.17, 15) is 5.11 Å². The van der Waals surface area contributed by atoms with Crippen molar-refractivity contribution < 1.29 is 5.11 Å². The third-order valence-corrected chi connectivity index (χ3v) is 3.34. The van der Waals surface area contributed by atoms with Crippen LogP contribution in [0.4, 0.5) is 0 Å². The van der Waals surface area contributed by atoms with Crippen molar-refractivity contribution in [3.8, 4) is 5.75 Å². The van der Waals surface area contributed by atoms with Gasteiger partial charge in [-0.05, 0) is 60.3 Å². The highest BCUT2D eigenvalue weighted by Gasteiger charge is 2.20. The van der Waals surface area contributed by atoms with E-state index in [0.717, 1.165) is 21.2 Å². The maximum Gasteiger partial charge on any atom is 0.132 e. The van der Waals surface area contributed by atoms with Crippen LogP contribution in [0.15, 0.2) is 10.5 Å². The first-order valence-corrected chi connectivity index (χ1v) is 5.32. The summed E-state index contributed by atoms with van der Waals surface area (Å²) in [5, 5.41) is 9.69. The molecule has 0 aliphatic heterocycles. The lowest BCUT2D eigenvalue weighted by Gasteiger charge is -2.23. The van der Waals surface area contributed by atoms with Crippen LogP contribution in [0.2, 0.25) is 0 Å². The van der Waals surface area contributed by atoms with Gasteiger partial charge < -0.3 is 10.8 Å². The lowest BCUT2D eigenvalue weighted by atomic mass is 9.90. The van der Waals surface area contributed by atoms with Gasteiger partial charge in [0.15, 0.2) is 0 Å². The van der Waals surface area contributed by atoms with Crippen LogP contribution in [-0.4, -0.2) is 5.11 Å². The zero-order valence-electron chi connectivity index (χ0n) is 8.98. The molecule has 0 fully saturated rings. The molecule has 0 aromatic heterocycles. The van der Waals surface area contributed by atoms with Gasteiger partial charge in [0.1, 0.15) is 5.75 Å². The highest BCUT2D eigenvalue weighted by molar-refractivity contribution is 9.10. The first-order chi connectivity index (χ1) is 6.25. The summed E-state index contributed by atoms with van der Waals surface area (Å²) >= 11 is 3.37. The Balaban J connectivity index is 3.49. The summed E-state index contributed by atoms with van der Waals surface area (Å²) < 4.78 is 0.742. The molecule has 0 unspecified atom stereocenters. The fraction of sp³-hybridized carbons (Fsp3) is 0.455. The molecule has 0 saturated heterocycles. The summed E-state index contributed by atoms with van der Waals surface area (Å²) in [4.78, 5) is 0. The van der Waals surface area contributed by atoms with Crippen molar-refractivity contribution in [2.24, 2.45) is 5.73 Å². The molecule has 3 N–H and O–H groups in total. The normalized spacial score (nSPS) is 11.9. The van der Waals surface area contributed by atoms with E-state index in [-0.39, 0.29) is 5.54 Å². The summed E-state index contributed by atoms with van der Waals surface area (Å²) in [5.74, 6) is 0.301. The van der Waals surface area contributed by atoms with Crippen molar-refractivity contribution in [2.75, 3.05) is 0 Å². The Morgan fingerprint density at radius 2 is 1.86 bits per heavy atom. The average Bonchev–Trinajstić information content (AvgIpc) is 2.06. The minimum atomic E-state index is -0.384. The van der Waals surface area contributed by atoms with Crippen molar-refractivity contribution in [3.63, 3.8) is 0 Å². The van der Waals surface area contributed by atoms with Gasteiger partial charge in [-0.15, -0.1) is 0 Å². The molecule has 14 heavy (non-hydrogen) atoms. The first kappa shape index (κ1) is 11.5. The van der Waals surface area contributed by atoms with E-state index in [2.05, 4.69) is 15.9 Å². The molecule has 1 aromatic rings. The summed E-state index contributed by atoms with van der Waals surface area (Å²) in [6, 6.07) is 1.94. The average molecular weight is 258 g/mol. The van der Waals surface area contributed by atoms with Gasteiger partial charge in [-0.2, -0.15) is 0 Å². The molecule has 3 heteroatoms. The Morgan fingerprint density at radius 3 is 2.29 bits per heavy atom. The molecule has 1 rings (SSSR count). The molecule has 0 aliphatic rings. The molecule has 0 radical (unpaired) electrons. The van der Waals surface area contributed by atoms with Crippen LogP contribution in [0.25, 0.3) is 0 Å². The van der Waals surface area contributed by atoms with E-state index >= 15 is 0 Å². The second-order valence-electron chi connectivity index (χ2n) is 4.25. The molecule has 0 spiro atoms. The number of phenols is 1. The molecule has 0 saturated carbocycles. The highest BCUT2D eigenvalue weighted by atomic mass is 79.9. The predicted molar refractivity (Wildman–Crippen MR) is 62.5 cm³/mol. The molecule has 1 aromatic carbocycles. The molecular weight excluding hydrogens is 242 g/mol. The number of nitrogens with two attached hydrogens (primary N) is 1. The van der Waals surface area contributed by atoms with Gasteiger partial charge in [-0.1, -0.05) is 6.07 Å². The monoisotopic (exact) mass is 257 g/mol. The third kappa shape index (κ3) is 1.93. The van der Waals surface area contributed by atoms with Crippen molar-refractivity contribution >= 4 is 15.9 Å². The van der Waals surface area contributed by atoms with Crippen molar-refractivity contribution in [1.82, 2.24) is 0 Å². The number of hydrogen-bond donors (Lipinski definition) is 2. The van der Waals surface area contributed by atoms with Crippen LogP contribution in [0.3, 0.4) is 0 Å². The molecule has 0 bridgehead atoms.